The molecule has 0 amide bonds. The van der Waals surface area contributed by atoms with Crippen molar-refractivity contribution in [2.24, 2.45) is 0 Å². The number of nitro benzene ring substituents is 1. The second-order valence-corrected chi connectivity index (χ2v) is 9.23. The molecule has 0 spiro atoms. The molecule has 0 unspecified atom stereocenters. The van der Waals surface area contributed by atoms with Crippen molar-refractivity contribution < 1.29 is 21.8 Å². The summed E-state index contributed by atoms with van der Waals surface area (Å²) in [6, 6.07) is 3.63. The molecule has 1 fully saturated rings. The first-order valence-corrected chi connectivity index (χ1v) is 9.19. The zero-order valence-corrected chi connectivity index (χ0v) is 12.3. The fraction of sp³-hybridized carbons (Fsp3) is 0.455. The van der Waals surface area contributed by atoms with Crippen LogP contribution in [0.3, 0.4) is 0 Å². The van der Waals surface area contributed by atoms with Crippen LogP contribution in [0.15, 0.2) is 23.1 Å². The molecule has 1 aliphatic rings. The second-order valence-electron chi connectivity index (χ2n) is 4.78. The highest BCUT2D eigenvalue weighted by Gasteiger charge is 2.38. The summed E-state index contributed by atoms with van der Waals surface area (Å²) >= 11 is 0. The van der Waals surface area contributed by atoms with Crippen LogP contribution in [0, 0.1) is 17.0 Å². The molecule has 110 valence electrons. The van der Waals surface area contributed by atoms with E-state index in [2.05, 4.69) is 0 Å². The molecule has 1 aliphatic heterocycles. The SMILES string of the molecule is Cc1ccc(S(=O)(=O)[C@@H]2CCS(=O)(=O)C2)cc1[N+](=O)[O-]. The molecule has 0 aromatic heterocycles. The van der Waals surface area contributed by atoms with Gasteiger partial charge < -0.3 is 0 Å². The van der Waals surface area contributed by atoms with Crippen LogP contribution in [-0.2, 0) is 19.7 Å². The molecule has 0 N–H and O–H groups in total. The summed E-state index contributed by atoms with van der Waals surface area (Å²) in [6.07, 6.45) is 0.0341. The second kappa shape index (κ2) is 4.81. The summed E-state index contributed by atoms with van der Waals surface area (Å²) in [4.78, 5) is 9.99. The van der Waals surface area contributed by atoms with Gasteiger partial charge in [-0.25, -0.2) is 16.8 Å². The largest absolute Gasteiger partial charge is 0.273 e. The predicted octanol–water partition coefficient (Wildman–Crippen LogP) is 0.864. The maximum Gasteiger partial charge on any atom is 0.273 e. The Bertz CT molecular complexity index is 766. The Kier molecular flexibility index (Phi) is 3.59. The number of nitrogens with zero attached hydrogens (tertiary/aromatic N) is 1. The summed E-state index contributed by atoms with van der Waals surface area (Å²) in [5.74, 6) is -0.581. The summed E-state index contributed by atoms with van der Waals surface area (Å²) in [5, 5.41) is 9.82. The Morgan fingerprint density at radius 1 is 1.35 bits per heavy atom. The molecule has 0 radical (unpaired) electrons. The van der Waals surface area contributed by atoms with E-state index < -0.39 is 35.6 Å². The average Bonchev–Trinajstić information content (AvgIpc) is 2.70. The number of nitro groups is 1. The van der Waals surface area contributed by atoms with Gasteiger partial charge in [0, 0.05) is 11.6 Å². The maximum atomic E-state index is 12.3. The van der Waals surface area contributed by atoms with Gasteiger partial charge in [-0.3, -0.25) is 10.1 Å². The standard InChI is InChI=1S/C11H13NO6S2/c1-8-2-3-9(6-11(8)12(13)14)20(17,18)10-4-5-19(15,16)7-10/h2-3,6,10H,4-5,7H2,1H3/t10-/m1/s1. The van der Waals surface area contributed by atoms with Gasteiger partial charge in [-0.2, -0.15) is 0 Å². The fourth-order valence-corrected chi connectivity index (χ4v) is 6.54. The Hall–Kier alpha value is -1.48. The minimum absolute atomic E-state index is 0.0341. The predicted molar refractivity (Wildman–Crippen MR) is 72.1 cm³/mol. The van der Waals surface area contributed by atoms with E-state index >= 15 is 0 Å². The summed E-state index contributed by atoms with van der Waals surface area (Å²) in [5.41, 5.74) is 0.0694. The topological polar surface area (TPSA) is 111 Å². The van der Waals surface area contributed by atoms with Crippen molar-refractivity contribution in [3.8, 4) is 0 Å². The van der Waals surface area contributed by atoms with Gasteiger partial charge in [0.05, 0.1) is 26.6 Å². The van der Waals surface area contributed by atoms with E-state index in [0.29, 0.717) is 5.56 Å². The van der Waals surface area contributed by atoms with Gasteiger partial charge in [0.1, 0.15) is 0 Å². The lowest BCUT2D eigenvalue weighted by molar-refractivity contribution is -0.385. The van der Waals surface area contributed by atoms with Crippen LogP contribution in [0.5, 0.6) is 0 Å². The molecule has 0 bridgehead atoms. The normalized spacial score (nSPS) is 21.8. The Morgan fingerprint density at radius 2 is 2.00 bits per heavy atom. The highest BCUT2D eigenvalue weighted by Crippen LogP contribution is 2.28. The van der Waals surface area contributed by atoms with Crippen LogP contribution in [0.25, 0.3) is 0 Å². The molecular formula is C11H13NO6S2. The van der Waals surface area contributed by atoms with Crippen molar-refractivity contribution in [3.05, 3.63) is 33.9 Å². The van der Waals surface area contributed by atoms with E-state index in [1.165, 1.54) is 19.1 Å². The first-order chi connectivity index (χ1) is 9.13. The molecule has 1 atom stereocenters. The fourth-order valence-electron chi connectivity index (χ4n) is 2.16. The smallest absolute Gasteiger partial charge is 0.258 e. The van der Waals surface area contributed by atoms with Crippen molar-refractivity contribution in [1.82, 2.24) is 0 Å². The van der Waals surface area contributed by atoms with E-state index in [9.17, 15) is 26.9 Å². The van der Waals surface area contributed by atoms with Crippen molar-refractivity contribution in [2.75, 3.05) is 11.5 Å². The molecule has 1 aromatic carbocycles. The number of sulfone groups is 2. The highest BCUT2D eigenvalue weighted by molar-refractivity contribution is 7.96. The first-order valence-electron chi connectivity index (χ1n) is 5.83. The lowest BCUT2D eigenvalue weighted by atomic mass is 10.2. The maximum absolute atomic E-state index is 12.3. The van der Waals surface area contributed by atoms with Crippen molar-refractivity contribution in [1.29, 1.82) is 0 Å². The van der Waals surface area contributed by atoms with Crippen LogP contribution in [0.2, 0.25) is 0 Å². The average molecular weight is 319 g/mol. The Morgan fingerprint density at radius 3 is 2.50 bits per heavy atom. The number of hydrogen-bond acceptors (Lipinski definition) is 6. The van der Waals surface area contributed by atoms with E-state index in [1.807, 2.05) is 0 Å². The molecule has 0 saturated carbocycles. The lowest BCUT2D eigenvalue weighted by Crippen LogP contribution is -2.22. The van der Waals surface area contributed by atoms with Crippen molar-refractivity contribution in [3.63, 3.8) is 0 Å². The van der Waals surface area contributed by atoms with Crippen LogP contribution < -0.4 is 0 Å². The first kappa shape index (κ1) is 14.9. The third-order valence-electron chi connectivity index (χ3n) is 3.34. The number of rotatable bonds is 3. The van der Waals surface area contributed by atoms with Gasteiger partial charge in [-0.15, -0.1) is 0 Å². The molecule has 20 heavy (non-hydrogen) atoms. The summed E-state index contributed by atoms with van der Waals surface area (Å²) in [6.45, 7) is 1.51. The Balaban J connectivity index is 2.46. The van der Waals surface area contributed by atoms with Crippen LogP contribution in [0.4, 0.5) is 5.69 Å². The van der Waals surface area contributed by atoms with Gasteiger partial charge in [0.25, 0.3) is 5.69 Å². The molecule has 1 saturated heterocycles. The van der Waals surface area contributed by atoms with E-state index in [0.717, 1.165) is 6.07 Å². The third kappa shape index (κ3) is 2.68. The van der Waals surface area contributed by atoms with Gasteiger partial charge in [0.15, 0.2) is 19.7 Å². The quantitative estimate of drug-likeness (QED) is 0.603. The number of aryl methyl sites for hydroxylation is 1. The van der Waals surface area contributed by atoms with Crippen LogP contribution in [-0.4, -0.2) is 38.5 Å². The summed E-state index contributed by atoms with van der Waals surface area (Å²) in [7, 11) is -7.20. The molecule has 7 nitrogen and oxygen atoms in total. The molecule has 1 aromatic rings. The minimum atomic E-state index is -3.87. The van der Waals surface area contributed by atoms with Gasteiger partial charge in [-0.1, -0.05) is 6.07 Å². The third-order valence-corrected chi connectivity index (χ3v) is 7.51. The highest BCUT2D eigenvalue weighted by atomic mass is 32.2. The van der Waals surface area contributed by atoms with E-state index in [1.54, 1.807) is 0 Å². The lowest BCUT2D eigenvalue weighted by Gasteiger charge is -2.10. The number of benzene rings is 1. The van der Waals surface area contributed by atoms with Gasteiger partial charge in [0.2, 0.25) is 0 Å². The van der Waals surface area contributed by atoms with Gasteiger partial charge in [-0.05, 0) is 19.4 Å². The molecule has 1 heterocycles. The van der Waals surface area contributed by atoms with Crippen LogP contribution >= 0.6 is 0 Å². The molecular weight excluding hydrogens is 306 g/mol. The van der Waals surface area contributed by atoms with Crippen molar-refractivity contribution >= 4 is 25.4 Å². The zero-order chi connectivity index (χ0) is 15.1. The summed E-state index contributed by atoms with van der Waals surface area (Å²) < 4.78 is 47.4. The Labute approximate surface area is 116 Å². The zero-order valence-electron chi connectivity index (χ0n) is 10.6. The minimum Gasteiger partial charge on any atom is -0.258 e. The molecule has 0 aliphatic carbocycles. The van der Waals surface area contributed by atoms with Crippen molar-refractivity contribution in [2.45, 2.75) is 23.5 Å². The van der Waals surface area contributed by atoms with Gasteiger partial charge >= 0.3 is 0 Å². The van der Waals surface area contributed by atoms with E-state index in [4.69, 9.17) is 0 Å². The van der Waals surface area contributed by atoms with Crippen LogP contribution in [0.1, 0.15) is 12.0 Å². The molecule has 9 heteroatoms. The molecule has 2 rings (SSSR count). The van der Waals surface area contributed by atoms with E-state index in [-0.39, 0.29) is 22.8 Å². The monoisotopic (exact) mass is 319 g/mol. The number of hydrogen-bond donors (Lipinski definition) is 0.